The van der Waals surface area contributed by atoms with Crippen LogP contribution in [0.5, 0.6) is 5.75 Å². The Bertz CT molecular complexity index is 438. The zero-order chi connectivity index (χ0) is 14.7. The molecule has 20 heavy (non-hydrogen) atoms. The molecule has 1 aliphatic heterocycles. The van der Waals surface area contributed by atoms with Gasteiger partial charge >= 0.3 is 0 Å². The first kappa shape index (κ1) is 15.1. The minimum Gasteiger partial charge on any atom is -0.496 e. The van der Waals surface area contributed by atoms with Gasteiger partial charge in [-0.25, -0.2) is 0 Å². The van der Waals surface area contributed by atoms with E-state index in [4.69, 9.17) is 10.5 Å². The minimum atomic E-state index is -0.213. The first-order valence-corrected chi connectivity index (χ1v) is 7.40. The molecule has 1 heterocycles. The molecule has 3 N–H and O–H groups in total. The van der Waals surface area contributed by atoms with E-state index in [0.717, 1.165) is 37.2 Å². The third-order valence-electron chi connectivity index (χ3n) is 4.28. The summed E-state index contributed by atoms with van der Waals surface area (Å²) in [5.41, 5.74) is 8.37. The normalized spacial score (nSPS) is 19.8. The van der Waals surface area contributed by atoms with E-state index in [2.05, 4.69) is 11.0 Å². The molecule has 1 saturated heterocycles. The Balaban J connectivity index is 2.21. The van der Waals surface area contributed by atoms with Gasteiger partial charge in [0, 0.05) is 30.4 Å². The van der Waals surface area contributed by atoms with Crippen molar-refractivity contribution in [3.8, 4) is 5.75 Å². The average molecular weight is 278 g/mol. The maximum absolute atomic E-state index is 9.70. The van der Waals surface area contributed by atoms with Crippen molar-refractivity contribution in [2.45, 2.75) is 38.8 Å². The minimum absolute atomic E-state index is 0.0596. The highest BCUT2D eigenvalue weighted by atomic mass is 16.5. The van der Waals surface area contributed by atoms with Crippen LogP contribution in [-0.2, 0) is 0 Å². The number of rotatable bonds is 4. The quantitative estimate of drug-likeness (QED) is 0.887. The largest absolute Gasteiger partial charge is 0.496 e. The molecule has 4 nitrogen and oxygen atoms in total. The summed E-state index contributed by atoms with van der Waals surface area (Å²) >= 11 is 0. The smallest absolute Gasteiger partial charge is 0.125 e. The summed E-state index contributed by atoms with van der Waals surface area (Å²) in [6.07, 6.45) is 1.83. The van der Waals surface area contributed by atoms with Crippen LogP contribution in [0.25, 0.3) is 0 Å². The van der Waals surface area contributed by atoms with Gasteiger partial charge in [-0.15, -0.1) is 0 Å². The molecule has 0 radical (unpaired) electrons. The van der Waals surface area contributed by atoms with E-state index < -0.39 is 0 Å². The second kappa shape index (κ2) is 6.46. The number of nitrogens with two attached hydrogens (primary N) is 1. The van der Waals surface area contributed by atoms with Crippen LogP contribution in [0.4, 0.5) is 5.69 Å². The number of methoxy groups -OCH3 is 1. The maximum atomic E-state index is 9.70. The molecule has 0 aliphatic carbocycles. The lowest BCUT2D eigenvalue weighted by Gasteiger charge is -2.36. The number of ether oxygens (including phenoxy) is 1. The van der Waals surface area contributed by atoms with Crippen LogP contribution in [0.3, 0.4) is 0 Å². The molecule has 4 heteroatoms. The molecule has 2 rings (SSSR count). The van der Waals surface area contributed by atoms with Crippen molar-refractivity contribution in [1.29, 1.82) is 0 Å². The summed E-state index contributed by atoms with van der Waals surface area (Å²) in [4.78, 5) is 2.36. The van der Waals surface area contributed by atoms with E-state index in [1.54, 1.807) is 7.11 Å². The molecule has 0 saturated carbocycles. The van der Waals surface area contributed by atoms with Crippen LogP contribution in [0.2, 0.25) is 0 Å². The van der Waals surface area contributed by atoms with Crippen LogP contribution in [0.1, 0.15) is 38.3 Å². The molecule has 1 aliphatic rings. The molecule has 0 spiro atoms. The highest BCUT2D eigenvalue weighted by Crippen LogP contribution is 2.35. The summed E-state index contributed by atoms with van der Waals surface area (Å²) in [6, 6.07) is 6.03. The number of benzene rings is 1. The van der Waals surface area contributed by atoms with Gasteiger partial charge in [-0.2, -0.15) is 0 Å². The Morgan fingerprint density at radius 2 is 1.95 bits per heavy atom. The van der Waals surface area contributed by atoms with Gasteiger partial charge in [0.15, 0.2) is 0 Å². The summed E-state index contributed by atoms with van der Waals surface area (Å²) in [7, 11) is 1.69. The Morgan fingerprint density at radius 3 is 2.45 bits per heavy atom. The van der Waals surface area contributed by atoms with Crippen LogP contribution >= 0.6 is 0 Å². The van der Waals surface area contributed by atoms with Crippen LogP contribution in [0, 0.1) is 5.92 Å². The summed E-state index contributed by atoms with van der Waals surface area (Å²) < 4.78 is 5.45. The Kier molecular flexibility index (Phi) is 4.89. The van der Waals surface area contributed by atoms with Crippen molar-refractivity contribution in [2.75, 3.05) is 25.1 Å². The lowest BCUT2D eigenvalue weighted by molar-refractivity contribution is 0.110. The third-order valence-corrected chi connectivity index (χ3v) is 4.28. The monoisotopic (exact) mass is 278 g/mol. The van der Waals surface area contributed by atoms with Crippen LogP contribution in [-0.4, -0.2) is 31.4 Å². The number of piperidine rings is 1. The lowest BCUT2D eigenvalue weighted by atomic mass is 9.91. The number of hydrogen-bond donors (Lipinski definition) is 2. The van der Waals surface area contributed by atoms with Crippen molar-refractivity contribution < 1.29 is 9.84 Å². The highest BCUT2D eigenvalue weighted by molar-refractivity contribution is 5.61. The molecule has 1 aromatic rings. The second-order valence-corrected chi connectivity index (χ2v) is 5.75. The Labute approximate surface area is 121 Å². The van der Waals surface area contributed by atoms with E-state index in [0.29, 0.717) is 5.92 Å². The van der Waals surface area contributed by atoms with Gasteiger partial charge in [-0.3, -0.25) is 0 Å². The molecule has 2 unspecified atom stereocenters. The SMILES string of the molecule is COc1cccc(N2CCC(C(C)O)CC2)c1C(C)N. The van der Waals surface area contributed by atoms with Crippen molar-refractivity contribution in [2.24, 2.45) is 11.7 Å². The Hall–Kier alpha value is -1.26. The topological polar surface area (TPSA) is 58.7 Å². The average Bonchev–Trinajstić information content (AvgIpc) is 2.46. The van der Waals surface area contributed by atoms with Crippen molar-refractivity contribution >= 4 is 5.69 Å². The second-order valence-electron chi connectivity index (χ2n) is 5.75. The zero-order valence-corrected chi connectivity index (χ0v) is 12.7. The van der Waals surface area contributed by atoms with E-state index in [9.17, 15) is 5.11 Å². The number of aliphatic hydroxyl groups excluding tert-OH is 1. The van der Waals surface area contributed by atoms with Crippen LogP contribution < -0.4 is 15.4 Å². The number of hydrogen-bond acceptors (Lipinski definition) is 4. The van der Waals surface area contributed by atoms with E-state index >= 15 is 0 Å². The summed E-state index contributed by atoms with van der Waals surface area (Å²) in [5, 5.41) is 9.70. The van der Waals surface area contributed by atoms with Gasteiger partial charge in [-0.05, 0) is 44.7 Å². The number of nitrogens with zero attached hydrogens (tertiary/aromatic N) is 1. The molecular weight excluding hydrogens is 252 g/mol. The van der Waals surface area contributed by atoms with Gasteiger partial charge in [-0.1, -0.05) is 6.07 Å². The maximum Gasteiger partial charge on any atom is 0.125 e. The van der Waals surface area contributed by atoms with E-state index in [1.165, 1.54) is 5.69 Å². The van der Waals surface area contributed by atoms with Gasteiger partial charge in [0.05, 0.1) is 13.2 Å². The Morgan fingerprint density at radius 1 is 1.30 bits per heavy atom. The predicted molar refractivity (Wildman–Crippen MR) is 82.2 cm³/mol. The molecule has 1 aromatic carbocycles. The lowest BCUT2D eigenvalue weighted by Crippen LogP contribution is -2.37. The number of aliphatic hydroxyl groups is 1. The van der Waals surface area contributed by atoms with Crippen LogP contribution in [0.15, 0.2) is 18.2 Å². The molecule has 112 valence electrons. The zero-order valence-electron chi connectivity index (χ0n) is 12.7. The fraction of sp³-hybridized carbons (Fsp3) is 0.625. The molecule has 2 atom stereocenters. The number of anilines is 1. The van der Waals surface area contributed by atoms with Crippen molar-refractivity contribution in [1.82, 2.24) is 0 Å². The van der Waals surface area contributed by atoms with E-state index in [-0.39, 0.29) is 12.1 Å². The molecule has 0 bridgehead atoms. The van der Waals surface area contributed by atoms with Gasteiger partial charge in [0.1, 0.15) is 5.75 Å². The molecule has 0 amide bonds. The standard InChI is InChI=1S/C16H26N2O2/c1-11(17)16-14(5-4-6-15(16)20-3)18-9-7-13(8-10-18)12(2)19/h4-6,11-13,19H,7-10,17H2,1-3H3. The van der Waals surface area contributed by atoms with Crippen molar-refractivity contribution in [3.63, 3.8) is 0 Å². The first-order chi connectivity index (χ1) is 9.54. The molecule has 1 fully saturated rings. The molecule has 0 aromatic heterocycles. The molecular formula is C16H26N2O2. The summed E-state index contributed by atoms with van der Waals surface area (Å²) in [6.45, 7) is 5.80. The van der Waals surface area contributed by atoms with Gasteiger partial charge < -0.3 is 20.5 Å². The third kappa shape index (κ3) is 3.07. The summed E-state index contributed by atoms with van der Waals surface area (Å²) in [5.74, 6) is 1.27. The predicted octanol–water partition coefficient (Wildman–Crippen LogP) is 2.31. The van der Waals surface area contributed by atoms with Gasteiger partial charge in [0.25, 0.3) is 0 Å². The van der Waals surface area contributed by atoms with Crippen molar-refractivity contribution in [3.05, 3.63) is 23.8 Å². The first-order valence-electron chi connectivity index (χ1n) is 7.40. The van der Waals surface area contributed by atoms with Gasteiger partial charge in [0.2, 0.25) is 0 Å². The van der Waals surface area contributed by atoms with E-state index in [1.807, 2.05) is 26.0 Å². The fourth-order valence-electron chi connectivity index (χ4n) is 3.07. The fourth-order valence-corrected chi connectivity index (χ4v) is 3.07. The highest BCUT2D eigenvalue weighted by Gasteiger charge is 2.25.